The number of hydrogen-bond acceptors (Lipinski definition) is 3. The van der Waals surface area contributed by atoms with Gasteiger partial charge >= 0.3 is 0 Å². The second-order valence-electron chi connectivity index (χ2n) is 4.90. The molecule has 1 aliphatic carbocycles. The maximum atomic E-state index is 5.62. The van der Waals surface area contributed by atoms with E-state index in [1.54, 1.807) is 0 Å². The van der Waals surface area contributed by atoms with E-state index in [2.05, 4.69) is 35.8 Å². The van der Waals surface area contributed by atoms with Crippen LogP contribution in [-0.4, -0.2) is 25.7 Å². The molecule has 0 radical (unpaired) electrons. The van der Waals surface area contributed by atoms with Crippen LogP contribution in [0.25, 0.3) is 0 Å². The standard InChI is InChI=1S/C15H24N2O/c1-2-10-18-15-5-3-4-13(11-15)12-16-8-9-17-14-6-7-14/h3-5,11,14,16-17H,2,6-10,12H2,1H3. The lowest BCUT2D eigenvalue weighted by molar-refractivity contribution is 0.317. The molecule has 2 N–H and O–H groups in total. The predicted octanol–water partition coefficient (Wildman–Crippen LogP) is 2.32. The Labute approximate surface area is 110 Å². The van der Waals surface area contributed by atoms with Crippen LogP contribution in [0.4, 0.5) is 0 Å². The van der Waals surface area contributed by atoms with Crippen LogP contribution < -0.4 is 15.4 Å². The molecule has 1 aromatic rings. The van der Waals surface area contributed by atoms with Crippen LogP contribution in [0.15, 0.2) is 24.3 Å². The van der Waals surface area contributed by atoms with Crippen molar-refractivity contribution in [3.05, 3.63) is 29.8 Å². The van der Waals surface area contributed by atoms with Crippen molar-refractivity contribution in [2.75, 3.05) is 19.7 Å². The molecule has 1 saturated carbocycles. The van der Waals surface area contributed by atoms with E-state index in [-0.39, 0.29) is 0 Å². The molecule has 1 aliphatic rings. The quantitative estimate of drug-likeness (QED) is 0.658. The summed E-state index contributed by atoms with van der Waals surface area (Å²) < 4.78 is 5.62. The summed E-state index contributed by atoms with van der Waals surface area (Å²) in [6, 6.07) is 9.15. The second kappa shape index (κ2) is 7.39. The van der Waals surface area contributed by atoms with Gasteiger partial charge in [-0.1, -0.05) is 19.1 Å². The van der Waals surface area contributed by atoms with Gasteiger partial charge in [-0.3, -0.25) is 0 Å². The highest BCUT2D eigenvalue weighted by Gasteiger charge is 2.19. The van der Waals surface area contributed by atoms with Gasteiger partial charge in [0.25, 0.3) is 0 Å². The molecule has 100 valence electrons. The number of ether oxygens (including phenoxy) is 1. The fraction of sp³-hybridized carbons (Fsp3) is 0.600. The molecule has 0 amide bonds. The largest absolute Gasteiger partial charge is 0.494 e. The van der Waals surface area contributed by atoms with E-state index in [9.17, 15) is 0 Å². The molecule has 0 heterocycles. The first kappa shape index (κ1) is 13.4. The predicted molar refractivity (Wildman–Crippen MR) is 75.0 cm³/mol. The molecule has 0 aliphatic heterocycles. The molecule has 0 spiro atoms. The summed E-state index contributed by atoms with van der Waals surface area (Å²) in [5.41, 5.74) is 1.29. The average Bonchev–Trinajstić information content (AvgIpc) is 3.20. The maximum absolute atomic E-state index is 5.62. The first-order valence-corrected chi connectivity index (χ1v) is 7.04. The lowest BCUT2D eigenvalue weighted by Gasteiger charge is -2.08. The molecule has 1 fully saturated rings. The molecule has 18 heavy (non-hydrogen) atoms. The normalized spacial score (nSPS) is 14.7. The molecule has 3 heteroatoms. The zero-order valence-electron chi connectivity index (χ0n) is 11.2. The molecule has 0 aromatic heterocycles. The zero-order valence-corrected chi connectivity index (χ0v) is 11.2. The van der Waals surface area contributed by atoms with Crippen molar-refractivity contribution in [3.8, 4) is 5.75 Å². The number of hydrogen-bond donors (Lipinski definition) is 2. The van der Waals surface area contributed by atoms with Crippen LogP contribution in [0.3, 0.4) is 0 Å². The number of rotatable bonds is 9. The van der Waals surface area contributed by atoms with Crippen LogP contribution in [0.5, 0.6) is 5.75 Å². The number of benzene rings is 1. The van der Waals surface area contributed by atoms with E-state index in [0.717, 1.165) is 44.5 Å². The van der Waals surface area contributed by atoms with E-state index in [0.29, 0.717) is 0 Å². The highest BCUT2D eigenvalue weighted by atomic mass is 16.5. The molecular formula is C15H24N2O. The smallest absolute Gasteiger partial charge is 0.119 e. The van der Waals surface area contributed by atoms with Crippen LogP contribution in [0.1, 0.15) is 31.7 Å². The van der Waals surface area contributed by atoms with Gasteiger partial charge < -0.3 is 15.4 Å². The van der Waals surface area contributed by atoms with Gasteiger partial charge in [-0.25, -0.2) is 0 Å². The van der Waals surface area contributed by atoms with Crippen LogP contribution in [-0.2, 0) is 6.54 Å². The minimum atomic E-state index is 0.794. The summed E-state index contributed by atoms with van der Waals surface area (Å²) in [4.78, 5) is 0. The number of nitrogens with one attached hydrogen (secondary N) is 2. The Morgan fingerprint density at radius 1 is 1.28 bits per heavy atom. The van der Waals surface area contributed by atoms with Crippen molar-refractivity contribution >= 4 is 0 Å². The third kappa shape index (κ3) is 5.07. The van der Waals surface area contributed by atoms with Crippen LogP contribution in [0, 0.1) is 0 Å². The van der Waals surface area contributed by atoms with E-state index >= 15 is 0 Å². The fourth-order valence-electron chi connectivity index (χ4n) is 1.85. The van der Waals surface area contributed by atoms with Crippen LogP contribution >= 0.6 is 0 Å². The van der Waals surface area contributed by atoms with Gasteiger partial charge in [0, 0.05) is 25.7 Å². The maximum Gasteiger partial charge on any atom is 0.119 e. The molecular weight excluding hydrogens is 224 g/mol. The minimum absolute atomic E-state index is 0.794. The van der Waals surface area contributed by atoms with Gasteiger partial charge in [-0.05, 0) is 37.0 Å². The first-order valence-electron chi connectivity index (χ1n) is 7.04. The zero-order chi connectivity index (χ0) is 12.6. The highest BCUT2D eigenvalue weighted by Crippen LogP contribution is 2.17. The Morgan fingerprint density at radius 3 is 2.94 bits per heavy atom. The van der Waals surface area contributed by atoms with E-state index in [1.165, 1.54) is 18.4 Å². The monoisotopic (exact) mass is 248 g/mol. The second-order valence-corrected chi connectivity index (χ2v) is 4.90. The van der Waals surface area contributed by atoms with Gasteiger partial charge in [0.05, 0.1) is 6.61 Å². The Hall–Kier alpha value is -1.06. The minimum Gasteiger partial charge on any atom is -0.494 e. The van der Waals surface area contributed by atoms with Gasteiger partial charge in [0.15, 0.2) is 0 Å². The van der Waals surface area contributed by atoms with Crippen molar-refractivity contribution in [1.82, 2.24) is 10.6 Å². The van der Waals surface area contributed by atoms with Crippen molar-refractivity contribution in [2.45, 2.75) is 38.8 Å². The Balaban J connectivity index is 1.64. The summed E-state index contributed by atoms with van der Waals surface area (Å²) in [6.07, 6.45) is 3.77. The van der Waals surface area contributed by atoms with E-state index < -0.39 is 0 Å². The van der Waals surface area contributed by atoms with Gasteiger partial charge in [-0.2, -0.15) is 0 Å². The molecule has 0 unspecified atom stereocenters. The summed E-state index contributed by atoms with van der Waals surface area (Å²) in [7, 11) is 0. The fourth-order valence-corrected chi connectivity index (χ4v) is 1.85. The van der Waals surface area contributed by atoms with E-state index in [4.69, 9.17) is 4.74 Å². The summed E-state index contributed by atoms with van der Waals surface area (Å²) in [5.74, 6) is 0.979. The molecule has 1 aromatic carbocycles. The van der Waals surface area contributed by atoms with Crippen molar-refractivity contribution in [3.63, 3.8) is 0 Å². The van der Waals surface area contributed by atoms with Crippen molar-refractivity contribution < 1.29 is 4.74 Å². The third-order valence-corrected chi connectivity index (χ3v) is 3.01. The molecule has 2 rings (SSSR count). The third-order valence-electron chi connectivity index (χ3n) is 3.01. The summed E-state index contributed by atoms with van der Waals surface area (Å²) >= 11 is 0. The topological polar surface area (TPSA) is 33.3 Å². The average molecular weight is 248 g/mol. The van der Waals surface area contributed by atoms with Gasteiger partial charge in [0.1, 0.15) is 5.75 Å². The highest BCUT2D eigenvalue weighted by molar-refractivity contribution is 5.28. The first-order chi connectivity index (χ1) is 8.88. The molecule has 0 saturated heterocycles. The molecule has 0 bridgehead atoms. The van der Waals surface area contributed by atoms with Crippen molar-refractivity contribution in [2.24, 2.45) is 0 Å². The Morgan fingerprint density at radius 2 is 2.17 bits per heavy atom. The molecule has 3 nitrogen and oxygen atoms in total. The van der Waals surface area contributed by atoms with Crippen molar-refractivity contribution in [1.29, 1.82) is 0 Å². The molecule has 0 atom stereocenters. The summed E-state index contributed by atoms with van der Waals surface area (Å²) in [5, 5.41) is 6.95. The Kier molecular flexibility index (Phi) is 5.49. The van der Waals surface area contributed by atoms with Gasteiger partial charge in [-0.15, -0.1) is 0 Å². The Bertz CT molecular complexity index is 350. The SMILES string of the molecule is CCCOc1cccc(CNCCNC2CC2)c1. The lowest BCUT2D eigenvalue weighted by atomic mass is 10.2. The van der Waals surface area contributed by atoms with Gasteiger partial charge in [0.2, 0.25) is 0 Å². The van der Waals surface area contributed by atoms with E-state index in [1.807, 2.05) is 6.07 Å². The summed E-state index contributed by atoms with van der Waals surface area (Å²) in [6.45, 7) is 5.92. The van der Waals surface area contributed by atoms with Crippen LogP contribution in [0.2, 0.25) is 0 Å². The lowest BCUT2D eigenvalue weighted by Crippen LogP contribution is -2.28.